The van der Waals surface area contributed by atoms with Crippen LogP contribution in [-0.2, 0) is 4.79 Å². The lowest BCUT2D eigenvalue weighted by atomic mass is 10.0. The summed E-state index contributed by atoms with van der Waals surface area (Å²) in [5, 5.41) is 31.2. The number of carbonyl (C=O) groups is 2. The van der Waals surface area contributed by atoms with E-state index in [1.807, 2.05) is 0 Å². The number of nitrogens with one attached hydrogen (secondary N) is 2. The Bertz CT molecular complexity index is 803. The van der Waals surface area contributed by atoms with Crippen LogP contribution in [0.15, 0.2) is 48.5 Å². The standard InChI is InChI=1S/C17H17N3O6.CH4/c1-10(21)15(17(23)19-24)18-16(22)13-4-2-11(3-5-13)12-6-8-14(9-7-12)20(25)26;/h2-10,15,21,24H,1H3,(H,18,22)(H,19,23);1H4/t10-,15+;/m1./s1. The highest BCUT2D eigenvalue weighted by Crippen LogP contribution is 2.22. The van der Waals surface area contributed by atoms with Crippen LogP contribution < -0.4 is 10.8 Å². The fourth-order valence-electron chi connectivity index (χ4n) is 2.29. The number of rotatable bonds is 6. The average molecular weight is 375 g/mol. The van der Waals surface area contributed by atoms with Crippen molar-refractivity contribution in [1.82, 2.24) is 10.8 Å². The average Bonchev–Trinajstić information content (AvgIpc) is 2.65. The monoisotopic (exact) mass is 375 g/mol. The minimum Gasteiger partial charge on any atom is -0.391 e. The zero-order valence-electron chi connectivity index (χ0n) is 13.7. The maximum atomic E-state index is 12.2. The number of benzene rings is 2. The second-order valence-corrected chi connectivity index (χ2v) is 5.55. The molecule has 2 aromatic carbocycles. The van der Waals surface area contributed by atoms with Crippen LogP contribution in [0.1, 0.15) is 24.7 Å². The number of aliphatic hydroxyl groups is 1. The Balaban J connectivity index is 0.00000364. The third-order valence-electron chi connectivity index (χ3n) is 3.72. The van der Waals surface area contributed by atoms with E-state index in [-0.39, 0.29) is 18.7 Å². The quantitative estimate of drug-likeness (QED) is 0.345. The molecular weight excluding hydrogens is 354 g/mol. The lowest BCUT2D eigenvalue weighted by Crippen LogP contribution is -2.51. The third kappa shape index (κ3) is 5.33. The first-order chi connectivity index (χ1) is 12.3. The Morgan fingerprint density at radius 1 is 1.04 bits per heavy atom. The van der Waals surface area contributed by atoms with Gasteiger partial charge in [0.1, 0.15) is 6.04 Å². The largest absolute Gasteiger partial charge is 0.391 e. The predicted molar refractivity (Wildman–Crippen MR) is 98.1 cm³/mol. The van der Waals surface area contributed by atoms with Crippen LogP contribution in [0.3, 0.4) is 0 Å². The number of non-ortho nitro benzene ring substituents is 1. The molecule has 0 radical (unpaired) electrons. The van der Waals surface area contributed by atoms with Crippen LogP contribution >= 0.6 is 0 Å². The molecule has 0 aromatic heterocycles. The number of carbonyl (C=O) groups excluding carboxylic acids is 2. The molecule has 2 amide bonds. The molecule has 0 bridgehead atoms. The van der Waals surface area contributed by atoms with Crippen molar-refractivity contribution in [3.8, 4) is 11.1 Å². The first kappa shape index (κ1) is 21.7. The van der Waals surface area contributed by atoms with E-state index < -0.39 is 28.9 Å². The minimum atomic E-state index is -1.30. The van der Waals surface area contributed by atoms with Crippen molar-refractivity contribution in [1.29, 1.82) is 0 Å². The number of hydrogen-bond acceptors (Lipinski definition) is 6. The summed E-state index contributed by atoms with van der Waals surface area (Å²) in [7, 11) is 0. The Kier molecular flexibility index (Phi) is 7.58. The number of hydroxylamine groups is 1. The molecule has 0 aliphatic rings. The van der Waals surface area contributed by atoms with Gasteiger partial charge in [0.2, 0.25) is 0 Å². The Morgan fingerprint density at radius 3 is 1.93 bits per heavy atom. The molecule has 0 aliphatic heterocycles. The topological polar surface area (TPSA) is 142 Å². The molecule has 2 atom stereocenters. The molecule has 9 nitrogen and oxygen atoms in total. The zero-order valence-corrected chi connectivity index (χ0v) is 13.7. The van der Waals surface area contributed by atoms with Crippen molar-refractivity contribution in [3.05, 3.63) is 64.2 Å². The van der Waals surface area contributed by atoms with Gasteiger partial charge in [0.25, 0.3) is 17.5 Å². The Morgan fingerprint density at radius 2 is 1.52 bits per heavy atom. The van der Waals surface area contributed by atoms with E-state index in [0.717, 1.165) is 11.1 Å². The van der Waals surface area contributed by atoms with Gasteiger partial charge in [-0.25, -0.2) is 5.48 Å². The summed E-state index contributed by atoms with van der Waals surface area (Å²) in [4.78, 5) is 33.8. The molecule has 0 heterocycles. The van der Waals surface area contributed by atoms with Gasteiger partial charge in [0.15, 0.2) is 0 Å². The molecule has 9 heteroatoms. The fraction of sp³-hybridized carbons (Fsp3) is 0.222. The van der Waals surface area contributed by atoms with E-state index in [4.69, 9.17) is 5.21 Å². The van der Waals surface area contributed by atoms with Gasteiger partial charge in [-0.3, -0.25) is 24.9 Å². The highest BCUT2D eigenvalue weighted by Gasteiger charge is 2.25. The molecule has 0 unspecified atom stereocenters. The van der Waals surface area contributed by atoms with Gasteiger partial charge in [-0.05, 0) is 42.3 Å². The smallest absolute Gasteiger partial charge is 0.269 e. The van der Waals surface area contributed by atoms with Gasteiger partial charge in [-0.1, -0.05) is 19.6 Å². The van der Waals surface area contributed by atoms with Gasteiger partial charge >= 0.3 is 0 Å². The number of amides is 2. The van der Waals surface area contributed by atoms with Crippen molar-refractivity contribution < 1.29 is 24.8 Å². The van der Waals surface area contributed by atoms with Crippen molar-refractivity contribution >= 4 is 17.5 Å². The summed E-state index contributed by atoms with van der Waals surface area (Å²) >= 11 is 0. The molecule has 0 fully saturated rings. The number of nitro groups is 1. The molecule has 2 aromatic rings. The Labute approximate surface area is 155 Å². The number of nitrogens with zero attached hydrogens (tertiary/aromatic N) is 1. The van der Waals surface area contributed by atoms with Crippen LogP contribution in [0.25, 0.3) is 11.1 Å². The van der Waals surface area contributed by atoms with Crippen LogP contribution in [-0.4, -0.2) is 39.2 Å². The van der Waals surface area contributed by atoms with Crippen molar-refractivity contribution in [2.75, 3.05) is 0 Å². The lowest BCUT2D eigenvalue weighted by molar-refractivity contribution is -0.384. The summed E-state index contributed by atoms with van der Waals surface area (Å²) in [5.41, 5.74) is 3.10. The molecular formula is C18H21N3O6. The van der Waals surface area contributed by atoms with E-state index >= 15 is 0 Å². The van der Waals surface area contributed by atoms with Crippen molar-refractivity contribution in [3.63, 3.8) is 0 Å². The highest BCUT2D eigenvalue weighted by atomic mass is 16.6. The molecule has 0 saturated heterocycles. The second-order valence-electron chi connectivity index (χ2n) is 5.55. The van der Waals surface area contributed by atoms with Crippen molar-refractivity contribution in [2.24, 2.45) is 0 Å². The normalized spacial score (nSPS) is 12.3. The van der Waals surface area contributed by atoms with E-state index in [9.17, 15) is 24.8 Å². The number of aliphatic hydroxyl groups excluding tert-OH is 1. The molecule has 144 valence electrons. The van der Waals surface area contributed by atoms with E-state index in [2.05, 4.69) is 5.32 Å². The van der Waals surface area contributed by atoms with Gasteiger partial charge in [0.05, 0.1) is 11.0 Å². The maximum absolute atomic E-state index is 12.2. The van der Waals surface area contributed by atoms with Crippen LogP contribution in [0, 0.1) is 10.1 Å². The van der Waals surface area contributed by atoms with Crippen LogP contribution in [0.4, 0.5) is 5.69 Å². The number of nitro benzene ring substituents is 1. The van der Waals surface area contributed by atoms with Gasteiger partial charge in [0, 0.05) is 17.7 Å². The summed E-state index contributed by atoms with van der Waals surface area (Å²) in [6.07, 6.45) is -1.20. The summed E-state index contributed by atoms with van der Waals surface area (Å²) in [6, 6.07) is 11.0. The second kappa shape index (κ2) is 9.41. The first-order valence-corrected chi connectivity index (χ1v) is 7.61. The Hall–Kier alpha value is -3.30. The van der Waals surface area contributed by atoms with Crippen LogP contribution in [0.2, 0.25) is 0 Å². The van der Waals surface area contributed by atoms with E-state index in [1.165, 1.54) is 36.7 Å². The first-order valence-electron chi connectivity index (χ1n) is 7.61. The summed E-state index contributed by atoms with van der Waals surface area (Å²) in [5.74, 6) is -1.54. The SMILES string of the molecule is C.C[C@@H](O)[C@H](NC(=O)c1ccc(-c2ccc([N+](=O)[O-])cc2)cc1)C(=O)NO. The van der Waals surface area contributed by atoms with Gasteiger partial charge < -0.3 is 10.4 Å². The zero-order chi connectivity index (χ0) is 19.3. The van der Waals surface area contributed by atoms with Gasteiger partial charge in [-0.2, -0.15) is 0 Å². The highest BCUT2D eigenvalue weighted by molar-refractivity contribution is 5.97. The maximum Gasteiger partial charge on any atom is 0.269 e. The van der Waals surface area contributed by atoms with E-state index in [0.29, 0.717) is 0 Å². The third-order valence-corrected chi connectivity index (χ3v) is 3.72. The van der Waals surface area contributed by atoms with Crippen LogP contribution in [0.5, 0.6) is 0 Å². The molecule has 0 spiro atoms. The molecule has 2 rings (SSSR count). The van der Waals surface area contributed by atoms with Gasteiger partial charge in [-0.15, -0.1) is 0 Å². The minimum absolute atomic E-state index is 0. The molecule has 0 saturated carbocycles. The predicted octanol–water partition coefficient (Wildman–Crippen LogP) is 1.88. The fourth-order valence-corrected chi connectivity index (χ4v) is 2.29. The van der Waals surface area contributed by atoms with Crippen molar-refractivity contribution in [2.45, 2.75) is 26.5 Å². The molecule has 0 aliphatic carbocycles. The number of hydrogen-bond donors (Lipinski definition) is 4. The molecule has 4 N–H and O–H groups in total. The summed E-state index contributed by atoms with van der Waals surface area (Å²) < 4.78 is 0. The summed E-state index contributed by atoms with van der Waals surface area (Å²) in [6.45, 7) is 1.30. The molecule has 27 heavy (non-hydrogen) atoms. The lowest BCUT2D eigenvalue weighted by Gasteiger charge is -2.19. The van der Waals surface area contributed by atoms with E-state index in [1.54, 1.807) is 24.3 Å².